The zero-order valence-electron chi connectivity index (χ0n) is 12.4. The fraction of sp³-hybridized carbons (Fsp3) is 0.143. The third-order valence-electron chi connectivity index (χ3n) is 2.67. The van der Waals surface area contributed by atoms with Crippen LogP contribution in [0.15, 0.2) is 39.9 Å². The predicted octanol–water partition coefficient (Wildman–Crippen LogP) is 2.33. The zero-order chi connectivity index (χ0) is 17.5. The van der Waals surface area contributed by atoms with Gasteiger partial charge in [-0.15, -0.1) is 0 Å². The summed E-state index contributed by atoms with van der Waals surface area (Å²) in [5, 5.41) is 14.1. The first-order valence-electron chi connectivity index (χ1n) is 6.52. The number of methoxy groups -OCH3 is 1. The number of carbonyl (C=O) groups excluding carboxylic acids is 1. The summed E-state index contributed by atoms with van der Waals surface area (Å²) >= 11 is 2.07. The van der Waals surface area contributed by atoms with Crippen molar-refractivity contribution in [2.45, 2.75) is 0 Å². The van der Waals surface area contributed by atoms with E-state index in [2.05, 4.69) is 33.1 Å². The summed E-state index contributed by atoms with van der Waals surface area (Å²) in [7, 11) is 1.56. The lowest BCUT2D eigenvalue weighted by molar-refractivity contribution is -0.402. The molecule has 10 heteroatoms. The average molecular weight is 445 g/mol. The summed E-state index contributed by atoms with van der Waals surface area (Å²) in [4.78, 5) is 21.4. The second-order valence-electron chi connectivity index (χ2n) is 4.31. The molecule has 1 aromatic carbocycles. The molecule has 2 rings (SSSR count). The number of hydrogen-bond donors (Lipinski definition) is 1. The van der Waals surface area contributed by atoms with E-state index in [1.807, 2.05) is 0 Å². The van der Waals surface area contributed by atoms with Crippen LogP contribution in [0.4, 0.5) is 5.88 Å². The van der Waals surface area contributed by atoms with Gasteiger partial charge in [-0.05, 0) is 46.9 Å². The second kappa shape index (κ2) is 8.29. The molecule has 1 amide bonds. The number of nitrogens with one attached hydrogen (secondary N) is 1. The van der Waals surface area contributed by atoms with Gasteiger partial charge in [0.15, 0.2) is 12.4 Å². The average Bonchev–Trinajstić information content (AvgIpc) is 3.02. The van der Waals surface area contributed by atoms with Crippen molar-refractivity contribution in [3.63, 3.8) is 0 Å². The molecule has 1 aromatic heterocycles. The molecular weight excluding hydrogens is 433 g/mol. The van der Waals surface area contributed by atoms with Crippen molar-refractivity contribution in [3.05, 3.63) is 49.8 Å². The maximum absolute atomic E-state index is 11.6. The van der Waals surface area contributed by atoms with Crippen molar-refractivity contribution in [3.8, 4) is 11.5 Å². The fourth-order valence-corrected chi connectivity index (χ4v) is 2.22. The zero-order valence-corrected chi connectivity index (χ0v) is 14.6. The van der Waals surface area contributed by atoms with E-state index < -0.39 is 16.7 Å². The molecule has 0 aliphatic rings. The second-order valence-corrected chi connectivity index (χ2v) is 5.47. The van der Waals surface area contributed by atoms with E-state index in [1.165, 1.54) is 12.1 Å². The summed E-state index contributed by atoms with van der Waals surface area (Å²) in [6.45, 7) is -0.238. The molecule has 24 heavy (non-hydrogen) atoms. The van der Waals surface area contributed by atoms with Gasteiger partial charge < -0.3 is 13.9 Å². The van der Waals surface area contributed by atoms with Gasteiger partial charge in [-0.1, -0.05) is 0 Å². The lowest BCUT2D eigenvalue weighted by atomic mass is 10.3. The van der Waals surface area contributed by atoms with E-state index in [1.54, 1.807) is 25.3 Å². The normalized spacial score (nSPS) is 10.6. The molecule has 0 aliphatic carbocycles. The first kappa shape index (κ1) is 17.7. The van der Waals surface area contributed by atoms with Crippen LogP contribution < -0.4 is 14.9 Å². The van der Waals surface area contributed by atoms with E-state index in [0.717, 1.165) is 9.78 Å². The number of carbonyl (C=O) groups is 1. The minimum Gasteiger partial charge on any atom is -0.497 e. The van der Waals surface area contributed by atoms with Crippen LogP contribution in [0.25, 0.3) is 0 Å². The Labute approximate surface area is 149 Å². The minimum absolute atomic E-state index is 0.146. The smallest absolute Gasteiger partial charge is 0.433 e. The number of furan rings is 1. The van der Waals surface area contributed by atoms with Crippen molar-refractivity contribution in [1.82, 2.24) is 5.43 Å². The Balaban J connectivity index is 1.82. The summed E-state index contributed by atoms with van der Waals surface area (Å²) in [5.41, 5.74) is 2.23. The van der Waals surface area contributed by atoms with Crippen molar-refractivity contribution >= 4 is 40.6 Å². The lowest BCUT2D eigenvalue weighted by Gasteiger charge is -2.08. The molecule has 0 spiro atoms. The third kappa shape index (κ3) is 4.94. The molecule has 0 aliphatic heterocycles. The summed E-state index contributed by atoms with van der Waals surface area (Å²) in [6.07, 6.45) is 1.15. The van der Waals surface area contributed by atoms with Gasteiger partial charge >= 0.3 is 5.88 Å². The van der Waals surface area contributed by atoms with Gasteiger partial charge in [-0.2, -0.15) is 5.10 Å². The molecule has 1 heterocycles. The molecule has 126 valence electrons. The maximum atomic E-state index is 11.6. The van der Waals surface area contributed by atoms with Crippen molar-refractivity contribution in [1.29, 1.82) is 0 Å². The van der Waals surface area contributed by atoms with Gasteiger partial charge in [0.1, 0.15) is 16.4 Å². The Morgan fingerprint density at radius 3 is 2.88 bits per heavy atom. The fourth-order valence-electron chi connectivity index (χ4n) is 1.58. The third-order valence-corrected chi connectivity index (χ3v) is 3.51. The highest BCUT2D eigenvalue weighted by molar-refractivity contribution is 14.1. The first-order chi connectivity index (χ1) is 11.5. The molecule has 0 saturated heterocycles. The SMILES string of the molecule is COc1ccc(OCC(=O)N/N=C\c2ccc([N+](=O)[O-])o2)c(I)c1. The Kier molecular flexibility index (Phi) is 6.12. The number of amides is 1. The van der Waals surface area contributed by atoms with Crippen LogP contribution in [0.3, 0.4) is 0 Å². The molecule has 0 bridgehead atoms. The van der Waals surface area contributed by atoms with E-state index in [9.17, 15) is 14.9 Å². The van der Waals surface area contributed by atoms with Crippen molar-refractivity contribution < 1.29 is 23.6 Å². The van der Waals surface area contributed by atoms with E-state index in [4.69, 9.17) is 13.9 Å². The molecule has 0 atom stereocenters. The largest absolute Gasteiger partial charge is 0.497 e. The highest BCUT2D eigenvalue weighted by Gasteiger charge is 2.10. The van der Waals surface area contributed by atoms with Gasteiger partial charge in [0, 0.05) is 0 Å². The Morgan fingerprint density at radius 2 is 2.25 bits per heavy atom. The quantitative estimate of drug-likeness (QED) is 0.303. The number of nitrogens with zero attached hydrogens (tertiary/aromatic N) is 2. The standard InChI is InChI=1S/C14H12IN3O6/c1-22-9-2-4-12(11(15)6-9)23-8-13(19)17-16-7-10-3-5-14(24-10)18(20)21/h2-7H,8H2,1H3,(H,17,19)/b16-7-. The lowest BCUT2D eigenvalue weighted by Crippen LogP contribution is -2.24. The number of hydrogen-bond acceptors (Lipinski definition) is 7. The monoisotopic (exact) mass is 445 g/mol. The highest BCUT2D eigenvalue weighted by Crippen LogP contribution is 2.25. The molecule has 9 nitrogen and oxygen atoms in total. The molecule has 0 saturated carbocycles. The number of nitro groups is 1. The minimum atomic E-state index is -0.666. The number of ether oxygens (including phenoxy) is 2. The van der Waals surface area contributed by atoms with Gasteiger partial charge in [0.25, 0.3) is 5.91 Å². The van der Waals surface area contributed by atoms with Crippen LogP contribution in [-0.2, 0) is 4.79 Å². The van der Waals surface area contributed by atoms with E-state index >= 15 is 0 Å². The van der Waals surface area contributed by atoms with Gasteiger partial charge in [-0.3, -0.25) is 14.9 Å². The molecular formula is C14H12IN3O6. The molecule has 0 fully saturated rings. The number of benzene rings is 1. The summed E-state index contributed by atoms with van der Waals surface area (Å²) in [6, 6.07) is 7.74. The van der Waals surface area contributed by atoms with Crippen LogP contribution in [0.1, 0.15) is 5.76 Å². The van der Waals surface area contributed by atoms with Crippen LogP contribution in [0.2, 0.25) is 0 Å². The van der Waals surface area contributed by atoms with E-state index in [0.29, 0.717) is 11.5 Å². The maximum Gasteiger partial charge on any atom is 0.433 e. The molecule has 1 N–H and O–H groups in total. The van der Waals surface area contributed by atoms with Gasteiger partial charge in [-0.25, -0.2) is 5.43 Å². The van der Waals surface area contributed by atoms with Crippen molar-refractivity contribution in [2.75, 3.05) is 13.7 Å². The van der Waals surface area contributed by atoms with Gasteiger partial charge in [0.05, 0.1) is 23.0 Å². The highest BCUT2D eigenvalue weighted by atomic mass is 127. The molecule has 0 radical (unpaired) electrons. The summed E-state index contributed by atoms with van der Waals surface area (Å²) in [5.74, 6) is 0.484. The number of rotatable bonds is 7. The van der Waals surface area contributed by atoms with Crippen LogP contribution in [0, 0.1) is 13.7 Å². The summed E-state index contributed by atoms with van der Waals surface area (Å²) < 4.78 is 16.1. The predicted molar refractivity (Wildman–Crippen MR) is 92.3 cm³/mol. The van der Waals surface area contributed by atoms with Crippen LogP contribution in [0.5, 0.6) is 11.5 Å². The topological polar surface area (TPSA) is 116 Å². The van der Waals surface area contributed by atoms with Crippen LogP contribution in [-0.4, -0.2) is 30.8 Å². The Hall–Kier alpha value is -2.63. The number of halogens is 1. The van der Waals surface area contributed by atoms with Crippen molar-refractivity contribution in [2.24, 2.45) is 5.10 Å². The molecule has 0 unspecified atom stereocenters. The van der Waals surface area contributed by atoms with Crippen LogP contribution >= 0.6 is 22.6 Å². The first-order valence-corrected chi connectivity index (χ1v) is 7.60. The molecule has 2 aromatic rings. The van der Waals surface area contributed by atoms with Gasteiger partial charge in [0.2, 0.25) is 0 Å². The Morgan fingerprint density at radius 1 is 1.46 bits per heavy atom. The number of hydrazone groups is 1. The Bertz CT molecular complexity index is 774. The van der Waals surface area contributed by atoms with E-state index in [-0.39, 0.29) is 12.4 Å².